The Hall–Kier alpha value is -2.34. The van der Waals surface area contributed by atoms with E-state index in [0.29, 0.717) is 10.8 Å². The summed E-state index contributed by atoms with van der Waals surface area (Å²) in [6, 6.07) is 13.7. The number of fused-ring (bicyclic) bond motifs is 1. The molecule has 4 rings (SSSR count). The molecule has 172 valence electrons. The number of methoxy groups -OCH3 is 1. The lowest BCUT2D eigenvalue weighted by Gasteiger charge is -2.32. The summed E-state index contributed by atoms with van der Waals surface area (Å²) >= 11 is 0. The Morgan fingerprint density at radius 1 is 1.03 bits per heavy atom. The second kappa shape index (κ2) is 10.1. The second-order valence-electron chi connectivity index (χ2n) is 9.06. The number of sulfone groups is 1. The number of carbonyl (C=O) groups is 1. The fourth-order valence-corrected chi connectivity index (χ4v) is 6.15. The van der Waals surface area contributed by atoms with E-state index in [1.165, 1.54) is 11.1 Å². The van der Waals surface area contributed by atoms with Gasteiger partial charge in [0.15, 0.2) is 9.84 Å². The van der Waals surface area contributed by atoms with Crippen molar-refractivity contribution in [3.63, 3.8) is 0 Å². The van der Waals surface area contributed by atoms with Gasteiger partial charge in [-0.05, 0) is 91.8 Å². The van der Waals surface area contributed by atoms with Crippen LogP contribution < -0.4 is 4.74 Å². The summed E-state index contributed by atoms with van der Waals surface area (Å²) in [6.45, 7) is 1.45. The van der Waals surface area contributed by atoms with E-state index in [2.05, 4.69) is 12.1 Å². The zero-order valence-electron chi connectivity index (χ0n) is 18.9. The fourth-order valence-electron chi connectivity index (χ4n) is 4.87. The van der Waals surface area contributed by atoms with Crippen molar-refractivity contribution in [2.45, 2.75) is 56.3 Å². The molecule has 0 spiro atoms. The molecule has 0 saturated carbocycles. The lowest BCUT2D eigenvalue weighted by atomic mass is 9.90. The van der Waals surface area contributed by atoms with Gasteiger partial charge in [0.25, 0.3) is 0 Å². The van der Waals surface area contributed by atoms with Crippen LogP contribution in [0.3, 0.4) is 0 Å². The first-order valence-electron chi connectivity index (χ1n) is 11.7. The van der Waals surface area contributed by atoms with Crippen LogP contribution in [0, 0.1) is 5.92 Å². The van der Waals surface area contributed by atoms with Crippen LogP contribution in [0.1, 0.15) is 48.8 Å². The molecule has 1 heterocycles. The summed E-state index contributed by atoms with van der Waals surface area (Å²) in [4.78, 5) is 14.9. The summed E-state index contributed by atoms with van der Waals surface area (Å²) < 4.78 is 30.7. The summed E-state index contributed by atoms with van der Waals surface area (Å²) in [6.07, 6.45) is 7.25. The SMILES string of the molecule is COc1ccc(CCC2CCN(C(=O)CCS(=O)(=O)c3ccc4c(c3)CCC4)CC2)cc1. The van der Waals surface area contributed by atoms with Gasteiger partial charge < -0.3 is 9.64 Å². The first-order valence-corrected chi connectivity index (χ1v) is 13.3. The molecule has 32 heavy (non-hydrogen) atoms. The number of hydrogen-bond acceptors (Lipinski definition) is 4. The van der Waals surface area contributed by atoms with Crippen molar-refractivity contribution in [3.05, 3.63) is 59.2 Å². The molecule has 5 nitrogen and oxygen atoms in total. The van der Waals surface area contributed by atoms with Crippen LogP contribution in [-0.2, 0) is 33.9 Å². The first kappa shape index (κ1) is 22.8. The zero-order chi connectivity index (χ0) is 22.6. The maximum Gasteiger partial charge on any atom is 0.223 e. The standard InChI is InChI=1S/C26H33NO4S/c1-31-24-10-7-20(8-11-24)5-6-21-13-16-27(17-14-21)26(28)15-18-32(29,30)25-12-9-22-3-2-4-23(22)19-25/h7-12,19,21H,2-6,13-18H2,1H3. The maximum absolute atomic E-state index is 12.8. The van der Waals surface area contributed by atoms with Crippen LogP contribution in [0.25, 0.3) is 0 Å². The number of benzene rings is 2. The van der Waals surface area contributed by atoms with Crippen LogP contribution in [0.4, 0.5) is 0 Å². The van der Waals surface area contributed by atoms with E-state index in [-0.39, 0.29) is 18.1 Å². The van der Waals surface area contributed by atoms with Gasteiger partial charge >= 0.3 is 0 Å². The van der Waals surface area contributed by atoms with Crippen LogP contribution in [0.5, 0.6) is 5.75 Å². The second-order valence-corrected chi connectivity index (χ2v) is 11.2. The Labute approximate surface area is 191 Å². The van der Waals surface area contributed by atoms with Crippen LogP contribution >= 0.6 is 0 Å². The fraction of sp³-hybridized carbons (Fsp3) is 0.500. The molecule has 0 N–H and O–H groups in total. The van der Waals surface area contributed by atoms with E-state index >= 15 is 0 Å². The molecule has 1 aliphatic carbocycles. The molecule has 2 aromatic carbocycles. The molecule has 0 unspecified atom stereocenters. The van der Waals surface area contributed by atoms with E-state index < -0.39 is 9.84 Å². The van der Waals surface area contributed by atoms with Gasteiger partial charge in [-0.2, -0.15) is 0 Å². The number of nitrogens with zero attached hydrogens (tertiary/aromatic N) is 1. The van der Waals surface area contributed by atoms with Crippen molar-refractivity contribution in [2.24, 2.45) is 5.92 Å². The summed E-state index contributed by atoms with van der Waals surface area (Å²) in [7, 11) is -1.75. The van der Waals surface area contributed by atoms with Crippen molar-refractivity contribution in [2.75, 3.05) is 26.0 Å². The predicted molar refractivity (Wildman–Crippen MR) is 126 cm³/mol. The lowest BCUT2D eigenvalue weighted by molar-refractivity contribution is -0.132. The highest BCUT2D eigenvalue weighted by Gasteiger charge is 2.25. The van der Waals surface area contributed by atoms with E-state index in [4.69, 9.17) is 4.74 Å². The topological polar surface area (TPSA) is 63.7 Å². The lowest BCUT2D eigenvalue weighted by Crippen LogP contribution is -2.39. The Kier molecular flexibility index (Phi) is 7.19. The smallest absolute Gasteiger partial charge is 0.223 e. The monoisotopic (exact) mass is 455 g/mol. The Morgan fingerprint density at radius 2 is 1.75 bits per heavy atom. The van der Waals surface area contributed by atoms with Gasteiger partial charge in [-0.25, -0.2) is 8.42 Å². The van der Waals surface area contributed by atoms with Gasteiger partial charge in [-0.15, -0.1) is 0 Å². The molecule has 2 aliphatic rings. The Bertz CT molecular complexity index is 1040. The summed E-state index contributed by atoms with van der Waals surface area (Å²) in [5, 5.41) is 0. The van der Waals surface area contributed by atoms with E-state index in [1.54, 1.807) is 13.2 Å². The van der Waals surface area contributed by atoms with Gasteiger partial charge in [0, 0.05) is 19.5 Å². The Morgan fingerprint density at radius 3 is 2.47 bits per heavy atom. The van der Waals surface area contributed by atoms with Gasteiger partial charge in [-0.3, -0.25) is 4.79 Å². The number of amides is 1. The number of hydrogen-bond donors (Lipinski definition) is 0. The zero-order valence-corrected chi connectivity index (χ0v) is 19.7. The predicted octanol–water partition coefficient (Wildman–Crippen LogP) is 4.22. The quantitative estimate of drug-likeness (QED) is 0.598. The number of likely N-dealkylation sites (tertiary alicyclic amines) is 1. The van der Waals surface area contributed by atoms with Crippen LogP contribution in [-0.4, -0.2) is 45.2 Å². The Balaban J connectivity index is 1.22. The highest BCUT2D eigenvalue weighted by atomic mass is 32.2. The van der Waals surface area contributed by atoms with E-state index in [9.17, 15) is 13.2 Å². The van der Waals surface area contributed by atoms with Gasteiger partial charge in [0.05, 0.1) is 17.8 Å². The molecule has 2 aromatic rings. The van der Waals surface area contributed by atoms with Gasteiger partial charge in [0.1, 0.15) is 5.75 Å². The largest absolute Gasteiger partial charge is 0.497 e. The highest BCUT2D eigenvalue weighted by Crippen LogP contribution is 2.26. The van der Waals surface area contributed by atoms with E-state index in [0.717, 1.165) is 69.3 Å². The number of aryl methyl sites for hydroxylation is 3. The molecule has 0 aromatic heterocycles. The minimum atomic E-state index is -3.43. The first-order chi connectivity index (χ1) is 15.4. The number of carbonyl (C=O) groups excluding carboxylic acids is 1. The number of piperidine rings is 1. The molecule has 1 saturated heterocycles. The molecule has 1 amide bonds. The molecule has 0 radical (unpaired) electrons. The molecule has 0 atom stereocenters. The molecule has 0 bridgehead atoms. The highest BCUT2D eigenvalue weighted by molar-refractivity contribution is 7.91. The molecule has 1 fully saturated rings. The van der Waals surface area contributed by atoms with Crippen molar-refractivity contribution in [1.29, 1.82) is 0 Å². The van der Waals surface area contributed by atoms with Crippen molar-refractivity contribution < 1.29 is 17.9 Å². The normalized spacial score (nSPS) is 16.7. The number of rotatable bonds is 8. The molecular weight excluding hydrogens is 422 g/mol. The van der Waals surface area contributed by atoms with Crippen LogP contribution in [0.15, 0.2) is 47.4 Å². The number of ether oxygens (including phenoxy) is 1. The summed E-state index contributed by atoms with van der Waals surface area (Å²) in [5.74, 6) is 1.33. The van der Waals surface area contributed by atoms with Crippen molar-refractivity contribution >= 4 is 15.7 Å². The van der Waals surface area contributed by atoms with Crippen LogP contribution in [0.2, 0.25) is 0 Å². The van der Waals surface area contributed by atoms with Gasteiger partial charge in [-0.1, -0.05) is 18.2 Å². The third-order valence-corrected chi connectivity index (χ3v) is 8.70. The van der Waals surface area contributed by atoms with Crippen molar-refractivity contribution in [1.82, 2.24) is 4.90 Å². The summed E-state index contributed by atoms with van der Waals surface area (Å²) in [5.41, 5.74) is 3.71. The average Bonchev–Trinajstić information content (AvgIpc) is 3.30. The van der Waals surface area contributed by atoms with Crippen molar-refractivity contribution in [3.8, 4) is 5.75 Å². The minimum absolute atomic E-state index is 0.0386. The third-order valence-electron chi connectivity index (χ3n) is 6.98. The maximum atomic E-state index is 12.8. The minimum Gasteiger partial charge on any atom is -0.497 e. The molecule has 6 heteroatoms. The molecule has 1 aliphatic heterocycles. The van der Waals surface area contributed by atoms with Gasteiger partial charge in [0.2, 0.25) is 5.91 Å². The average molecular weight is 456 g/mol. The third kappa shape index (κ3) is 5.52. The molecular formula is C26H33NO4S. The van der Waals surface area contributed by atoms with E-state index in [1.807, 2.05) is 29.2 Å².